The largest absolute Gasteiger partial charge is 0.543 e. The van der Waals surface area contributed by atoms with Crippen LogP contribution in [0.3, 0.4) is 0 Å². The lowest BCUT2D eigenvalue weighted by molar-refractivity contribution is -0.181. The van der Waals surface area contributed by atoms with Crippen molar-refractivity contribution in [3.8, 4) is 11.8 Å². The molecule has 1 fully saturated rings. The topological polar surface area (TPSA) is 51.5 Å². The zero-order chi connectivity index (χ0) is 24.9. The molecule has 0 bridgehead atoms. The lowest BCUT2D eigenvalue weighted by Crippen LogP contribution is -2.50. The first-order valence-electron chi connectivity index (χ1n) is 12.8. The smallest absolute Gasteiger partial charge is 0.258 e. The van der Waals surface area contributed by atoms with Crippen LogP contribution in [0.2, 0.25) is 16.6 Å². The van der Waals surface area contributed by atoms with Crippen LogP contribution in [0.4, 0.5) is 0 Å². The molecule has 0 saturated carbocycles. The van der Waals surface area contributed by atoms with Crippen LogP contribution >= 0.6 is 0 Å². The average Bonchev–Trinajstić information content (AvgIpc) is 2.82. The molecule has 1 heterocycles. The number of benzene rings is 2. The van der Waals surface area contributed by atoms with Crippen molar-refractivity contribution in [2.45, 2.75) is 96.7 Å². The number of hydrogen-bond acceptors (Lipinski definition) is 4. The van der Waals surface area contributed by atoms with Gasteiger partial charge < -0.3 is 13.9 Å². The molecule has 2 aromatic carbocycles. The first kappa shape index (κ1) is 26.5. The quantitative estimate of drug-likeness (QED) is 0.341. The molecule has 1 aliphatic rings. The molecule has 0 aliphatic carbocycles. The highest BCUT2D eigenvalue weighted by molar-refractivity contribution is 6.78. The summed E-state index contributed by atoms with van der Waals surface area (Å²) in [7, 11) is -2.10. The van der Waals surface area contributed by atoms with E-state index in [9.17, 15) is 5.26 Å². The Labute approximate surface area is 207 Å². The van der Waals surface area contributed by atoms with E-state index in [1.54, 1.807) is 0 Å². The number of nitriles is 1. The van der Waals surface area contributed by atoms with E-state index in [1.165, 1.54) is 0 Å². The Morgan fingerprint density at radius 1 is 0.971 bits per heavy atom. The first-order valence-corrected chi connectivity index (χ1v) is 14.9. The standard InChI is InChI=1S/C29H41NO3Si/c1-20(2)34(21(3)4,22(5)6)33-27-15-11-14-26(23(27)7)29(32-28-16-8-9-17-31-28)25-13-10-12-24(18-25)19-30/h10-15,18,20-22,28-29H,8-9,16-17H2,1-7H3. The minimum atomic E-state index is -2.10. The lowest BCUT2D eigenvalue weighted by atomic mass is 9.95. The molecule has 5 heteroatoms. The average molecular weight is 480 g/mol. The maximum absolute atomic E-state index is 9.49. The van der Waals surface area contributed by atoms with Crippen molar-refractivity contribution in [3.63, 3.8) is 0 Å². The maximum atomic E-state index is 9.49. The molecule has 1 saturated heterocycles. The third-order valence-corrected chi connectivity index (χ3v) is 13.3. The van der Waals surface area contributed by atoms with Crippen LogP contribution < -0.4 is 4.43 Å². The monoisotopic (exact) mass is 479 g/mol. The van der Waals surface area contributed by atoms with E-state index >= 15 is 0 Å². The third-order valence-electron chi connectivity index (χ3n) is 7.35. The van der Waals surface area contributed by atoms with E-state index in [4.69, 9.17) is 13.9 Å². The first-order chi connectivity index (χ1) is 16.2. The summed E-state index contributed by atoms with van der Waals surface area (Å²) in [6.45, 7) is 16.7. The third kappa shape index (κ3) is 5.57. The summed E-state index contributed by atoms with van der Waals surface area (Å²) >= 11 is 0. The van der Waals surface area contributed by atoms with Gasteiger partial charge in [-0.15, -0.1) is 0 Å². The normalized spacial score (nSPS) is 17.7. The molecule has 0 N–H and O–H groups in total. The molecule has 0 aromatic heterocycles. The highest BCUT2D eigenvalue weighted by atomic mass is 28.4. The molecule has 0 spiro atoms. The Hall–Kier alpha value is -2.13. The summed E-state index contributed by atoms with van der Waals surface area (Å²) < 4.78 is 19.6. The van der Waals surface area contributed by atoms with Crippen molar-refractivity contribution in [1.29, 1.82) is 5.26 Å². The molecule has 0 amide bonds. The Bertz CT molecular complexity index is 967. The second kappa shape index (κ2) is 11.5. The van der Waals surface area contributed by atoms with Crippen LogP contribution in [0.5, 0.6) is 5.75 Å². The van der Waals surface area contributed by atoms with Crippen molar-refractivity contribution in [3.05, 3.63) is 64.7 Å². The van der Waals surface area contributed by atoms with E-state index in [2.05, 4.69) is 72.7 Å². The van der Waals surface area contributed by atoms with Gasteiger partial charge in [0.25, 0.3) is 8.32 Å². The fourth-order valence-corrected chi connectivity index (χ4v) is 11.0. The summed E-state index contributed by atoms with van der Waals surface area (Å²) in [6, 6.07) is 16.3. The molecule has 184 valence electrons. The van der Waals surface area contributed by atoms with Gasteiger partial charge in [0.15, 0.2) is 6.29 Å². The van der Waals surface area contributed by atoms with Gasteiger partial charge in [0, 0.05) is 6.61 Å². The molecular formula is C29H41NO3Si. The number of hydrogen-bond donors (Lipinski definition) is 0. The molecule has 2 unspecified atom stereocenters. The molecular weight excluding hydrogens is 438 g/mol. The van der Waals surface area contributed by atoms with Crippen LogP contribution in [0, 0.1) is 18.3 Å². The fourth-order valence-electron chi connectivity index (χ4n) is 5.64. The Kier molecular flexibility index (Phi) is 8.98. The van der Waals surface area contributed by atoms with Crippen molar-refractivity contribution in [2.24, 2.45) is 0 Å². The van der Waals surface area contributed by atoms with Gasteiger partial charge in [-0.25, -0.2) is 0 Å². The lowest BCUT2D eigenvalue weighted by Gasteiger charge is -2.42. The van der Waals surface area contributed by atoms with Gasteiger partial charge in [-0.3, -0.25) is 0 Å². The summed E-state index contributed by atoms with van der Waals surface area (Å²) in [4.78, 5) is 0. The van der Waals surface area contributed by atoms with E-state index in [0.717, 1.165) is 48.3 Å². The van der Waals surface area contributed by atoms with Crippen molar-refractivity contribution >= 4 is 8.32 Å². The molecule has 2 atom stereocenters. The number of rotatable bonds is 9. The molecule has 2 aromatic rings. The highest BCUT2D eigenvalue weighted by Crippen LogP contribution is 2.44. The predicted molar refractivity (Wildman–Crippen MR) is 141 cm³/mol. The van der Waals surface area contributed by atoms with E-state index in [0.29, 0.717) is 22.2 Å². The minimum absolute atomic E-state index is 0.246. The van der Waals surface area contributed by atoms with Crippen LogP contribution in [0.1, 0.15) is 89.2 Å². The number of nitrogens with zero attached hydrogens (tertiary/aromatic N) is 1. The van der Waals surface area contributed by atoms with Gasteiger partial charge in [0.2, 0.25) is 0 Å². The summed E-state index contributed by atoms with van der Waals surface area (Å²) in [5, 5.41) is 9.49. The minimum Gasteiger partial charge on any atom is -0.543 e. The van der Waals surface area contributed by atoms with Gasteiger partial charge in [-0.1, -0.05) is 65.8 Å². The number of ether oxygens (including phenoxy) is 2. The zero-order valence-corrected chi connectivity index (χ0v) is 22.9. The van der Waals surface area contributed by atoms with E-state index in [-0.39, 0.29) is 12.4 Å². The summed E-state index contributed by atoms with van der Waals surface area (Å²) in [5.74, 6) is 0.954. The van der Waals surface area contributed by atoms with Crippen LogP contribution in [-0.4, -0.2) is 21.2 Å². The molecule has 34 heavy (non-hydrogen) atoms. The molecule has 3 rings (SSSR count). The van der Waals surface area contributed by atoms with Crippen LogP contribution in [-0.2, 0) is 9.47 Å². The van der Waals surface area contributed by atoms with Gasteiger partial charge >= 0.3 is 0 Å². The SMILES string of the molecule is Cc1c(O[Si](C(C)C)(C(C)C)C(C)C)cccc1C(OC1CCCCO1)c1cccc(C#N)c1. The molecule has 1 aliphatic heterocycles. The maximum Gasteiger partial charge on any atom is 0.258 e. The second-order valence-corrected chi connectivity index (χ2v) is 15.8. The van der Waals surface area contributed by atoms with Gasteiger partial charge in [0.1, 0.15) is 11.9 Å². The Morgan fingerprint density at radius 3 is 2.24 bits per heavy atom. The predicted octanol–water partition coefficient (Wildman–Crippen LogP) is 8.05. The summed E-state index contributed by atoms with van der Waals surface area (Å²) in [5.41, 5.74) is 5.24. The summed E-state index contributed by atoms with van der Waals surface area (Å²) in [6.07, 6.45) is 2.48. The van der Waals surface area contributed by atoms with E-state index < -0.39 is 8.32 Å². The molecule has 4 nitrogen and oxygen atoms in total. The highest BCUT2D eigenvalue weighted by Gasteiger charge is 2.47. The molecule has 0 radical (unpaired) electrons. The Morgan fingerprint density at radius 2 is 1.65 bits per heavy atom. The van der Waals surface area contributed by atoms with Crippen molar-refractivity contribution < 1.29 is 13.9 Å². The van der Waals surface area contributed by atoms with Gasteiger partial charge in [-0.2, -0.15) is 5.26 Å². The fraction of sp³-hybridized carbons (Fsp3) is 0.552. The zero-order valence-electron chi connectivity index (χ0n) is 21.9. The van der Waals surface area contributed by atoms with Crippen molar-refractivity contribution in [1.82, 2.24) is 0 Å². The van der Waals surface area contributed by atoms with Crippen LogP contribution in [0.25, 0.3) is 0 Å². The van der Waals surface area contributed by atoms with E-state index in [1.807, 2.05) is 24.3 Å². The van der Waals surface area contributed by atoms with Crippen LogP contribution in [0.15, 0.2) is 42.5 Å². The van der Waals surface area contributed by atoms with Crippen molar-refractivity contribution in [2.75, 3.05) is 6.61 Å². The van der Waals surface area contributed by atoms with Gasteiger partial charge in [0.05, 0.1) is 11.6 Å². The van der Waals surface area contributed by atoms with Gasteiger partial charge in [-0.05, 0) is 77.7 Å². The second-order valence-electron chi connectivity index (χ2n) is 10.4. The Balaban J connectivity index is 2.06.